The lowest BCUT2D eigenvalue weighted by molar-refractivity contribution is -0.0558. The maximum atomic E-state index is 9.59. The van der Waals surface area contributed by atoms with Crippen molar-refractivity contribution < 1.29 is 4.74 Å². The number of rotatable bonds is 4. The predicted octanol–water partition coefficient (Wildman–Crippen LogP) is 2.41. The minimum atomic E-state index is 0.334. The molecule has 0 radical (unpaired) electrons. The Morgan fingerprint density at radius 2 is 2.14 bits per heavy atom. The number of aryl methyl sites for hydroxylation is 1. The molecule has 7 heteroatoms. The fourth-order valence-electron chi connectivity index (χ4n) is 4.19. The van der Waals surface area contributed by atoms with Gasteiger partial charge in [-0.3, -0.25) is 4.90 Å². The van der Waals surface area contributed by atoms with Crippen LogP contribution in [0.5, 0.6) is 0 Å². The van der Waals surface area contributed by atoms with Crippen LogP contribution in [0.1, 0.15) is 31.0 Å². The molecule has 0 unspecified atom stereocenters. The van der Waals surface area contributed by atoms with Crippen LogP contribution in [0.3, 0.4) is 0 Å². The molecule has 146 valence electrons. The lowest BCUT2D eigenvalue weighted by Gasteiger charge is -2.48. The van der Waals surface area contributed by atoms with Crippen molar-refractivity contribution in [2.24, 2.45) is 0 Å². The number of piperazine rings is 1. The lowest BCUT2D eigenvalue weighted by Crippen LogP contribution is -2.62. The van der Waals surface area contributed by atoms with Crippen molar-refractivity contribution in [2.75, 3.05) is 37.7 Å². The first kappa shape index (κ1) is 18.8. The number of hydrogen-bond acceptors (Lipinski definition) is 7. The third-order valence-corrected chi connectivity index (χ3v) is 5.55. The molecule has 2 aromatic rings. The van der Waals surface area contributed by atoms with Crippen molar-refractivity contribution in [3.05, 3.63) is 35.7 Å². The van der Waals surface area contributed by atoms with Crippen LogP contribution in [0.25, 0.3) is 11.5 Å². The molecule has 4 heterocycles. The Kier molecular flexibility index (Phi) is 5.51. The highest BCUT2D eigenvalue weighted by atomic mass is 16.5. The molecular formula is C21H26N6O. The van der Waals surface area contributed by atoms with Crippen LogP contribution in [-0.4, -0.2) is 64.8 Å². The number of aromatic nitrogens is 3. The first-order chi connectivity index (χ1) is 13.7. The molecule has 0 amide bonds. The van der Waals surface area contributed by atoms with E-state index in [0.717, 1.165) is 57.1 Å². The summed E-state index contributed by atoms with van der Waals surface area (Å²) < 4.78 is 5.88. The van der Waals surface area contributed by atoms with E-state index in [1.54, 1.807) is 6.20 Å². The molecule has 7 nitrogen and oxygen atoms in total. The van der Waals surface area contributed by atoms with E-state index in [-0.39, 0.29) is 0 Å². The zero-order valence-corrected chi connectivity index (χ0v) is 16.5. The molecular weight excluding hydrogens is 352 g/mol. The van der Waals surface area contributed by atoms with Crippen LogP contribution < -0.4 is 4.90 Å². The Bertz CT molecular complexity index is 877. The summed E-state index contributed by atoms with van der Waals surface area (Å²) in [5, 5.41) is 9.59. The predicted molar refractivity (Wildman–Crippen MR) is 107 cm³/mol. The van der Waals surface area contributed by atoms with E-state index in [4.69, 9.17) is 9.72 Å². The second-order valence-electron chi connectivity index (χ2n) is 7.52. The zero-order valence-electron chi connectivity index (χ0n) is 16.5. The largest absolute Gasteiger partial charge is 0.378 e. The Hall–Kier alpha value is -2.56. The highest BCUT2D eigenvalue weighted by molar-refractivity contribution is 5.59. The molecule has 2 saturated heterocycles. The Labute approximate surface area is 166 Å². The van der Waals surface area contributed by atoms with E-state index in [0.29, 0.717) is 29.3 Å². The van der Waals surface area contributed by atoms with Crippen molar-refractivity contribution in [3.63, 3.8) is 0 Å². The lowest BCUT2D eigenvalue weighted by atomic mass is 10.0. The van der Waals surface area contributed by atoms with Gasteiger partial charge in [0.2, 0.25) is 0 Å². The smallest absolute Gasteiger partial charge is 0.180 e. The quantitative estimate of drug-likeness (QED) is 0.808. The van der Waals surface area contributed by atoms with Gasteiger partial charge in [0, 0.05) is 31.4 Å². The van der Waals surface area contributed by atoms with Gasteiger partial charge < -0.3 is 9.64 Å². The van der Waals surface area contributed by atoms with E-state index in [1.165, 1.54) is 0 Å². The van der Waals surface area contributed by atoms with Gasteiger partial charge in [-0.2, -0.15) is 5.26 Å². The van der Waals surface area contributed by atoms with Gasteiger partial charge in [-0.1, -0.05) is 19.4 Å². The zero-order chi connectivity index (χ0) is 19.5. The number of fused-ring (bicyclic) bond motifs is 1. The summed E-state index contributed by atoms with van der Waals surface area (Å²) >= 11 is 0. The number of anilines is 1. The van der Waals surface area contributed by atoms with Gasteiger partial charge in [-0.05, 0) is 25.5 Å². The molecule has 0 aliphatic carbocycles. The van der Waals surface area contributed by atoms with Gasteiger partial charge in [0.1, 0.15) is 17.3 Å². The topological polar surface area (TPSA) is 78.2 Å². The van der Waals surface area contributed by atoms with Gasteiger partial charge >= 0.3 is 0 Å². The molecule has 28 heavy (non-hydrogen) atoms. The summed E-state index contributed by atoms with van der Waals surface area (Å²) in [4.78, 5) is 18.4. The maximum Gasteiger partial charge on any atom is 0.180 e. The van der Waals surface area contributed by atoms with Crippen molar-refractivity contribution >= 4 is 5.82 Å². The van der Waals surface area contributed by atoms with Gasteiger partial charge in [-0.15, -0.1) is 0 Å². The Balaban J connectivity index is 1.60. The van der Waals surface area contributed by atoms with E-state index in [9.17, 15) is 5.26 Å². The van der Waals surface area contributed by atoms with Crippen LogP contribution in [0.4, 0.5) is 5.82 Å². The number of morpholine rings is 1. The maximum absolute atomic E-state index is 9.59. The second-order valence-corrected chi connectivity index (χ2v) is 7.52. The normalized spacial score (nSPS) is 22.5. The molecule has 2 aliphatic rings. The van der Waals surface area contributed by atoms with Crippen LogP contribution in [0.15, 0.2) is 24.4 Å². The number of nitriles is 1. The first-order valence-electron chi connectivity index (χ1n) is 9.99. The summed E-state index contributed by atoms with van der Waals surface area (Å²) in [7, 11) is 0. The molecule has 2 fully saturated rings. The van der Waals surface area contributed by atoms with Crippen molar-refractivity contribution in [2.45, 2.75) is 38.8 Å². The van der Waals surface area contributed by atoms with E-state index in [2.05, 4.69) is 32.8 Å². The van der Waals surface area contributed by atoms with E-state index < -0.39 is 0 Å². The molecule has 0 saturated carbocycles. The molecule has 0 N–H and O–H groups in total. The Morgan fingerprint density at radius 1 is 1.25 bits per heavy atom. The summed E-state index contributed by atoms with van der Waals surface area (Å²) in [5.41, 5.74) is 2.15. The molecule has 0 bridgehead atoms. The molecule has 2 aromatic heterocycles. The number of ether oxygens (including phenoxy) is 1. The van der Waals surface area contributed by atoms with Gasteiger partial charge in [-0.25, -0.2) is 15.0 Å². The molecule has 0 aromatic carbocycles. The fraction of sp³-hybridized carbons (Fsp3) is 0.524. The van der Waals surface area contributed by atoms with Crippen LogP contribution >= 0.6 is 0 Å². The molecule has 4 rings (SSSR count). The average Bonchev–Trinajstić information content (AvgIpc) is 2.73. The molecule has 0 spiro atoms. The SMILES string of the molecule is CCC[C@H]1COC[C@H]2CN(c3nc(-c4cccc(C)n4)ncc3C#N)CCN12. The standard InChI is InChI=1S/C21H26N6O/c1-3-5-17-13-28-14-18-12-26(8-9-27(17)18)21-16(10-22)11-23-20(25-21)19-7-4-6-15(2)24-19/h4,6-7,11,17-18H,3,5,8-9,12-14H2,1-2H3/t17-,18+/m0/s1. The van der Waals surface area contributed by atoms with Crippen LogP contribution in [0.2, 0.25) is 0 Å². The number of hydrogen-bond donors (Lipinski definition) is 0. The van der Waals surface area contributed by atoms with Crippen molar-refractivity contribution in [3.8, 4) is 17.6 Å². The second kappa shape index (κ2) is 8.21. The Morgan fingerprint density at radius 3 is 2.93 bits per heavy atom. The summed E-state index contributed by atoms with van der Waals surface area (Å²) in [6.45, 7) is 8.35. The third-order valence-electron chi connectivity index (χ3n) is 5.55. The van der Waals surface area contributed by atoms with Crippen LogP contribution in [-0.2, 0) is 4.74 Å². The number of nitrogens with zero attached hydrogens (tertiary/aromatic N) is 6. The van der Waals surface area contributed by atoms with Crippen molar-refractivity contribution in [1.82, 2.24) is 19.9 Å². The fourth-order valence-corrected chi connectivity index (χ4v) is 4.19. The molecule has 2 atom stereocenters. The highest BCUT2D eigenvalue weighted by Gasteiger charge is 2.36. The van der Waals surface area contributed by atoms with Gasteiger partial charge in [0.25, 0.3) is 0 Å². The minimum absolute atomic E-state index is 0.334. The monoisotopic (exact) mass is 378 g/mol. The molecule has 2 aliphatic heterocycles. The minimum Gasteiger partial charge on any atom is -0.378 e. The van der Waals surface area contributed by atoms with Crippen molar-refractivity contribution in [1.29, 1.82) is 5.26 Å². The summed E-state index contributed by atoms with van der Waals surface area (Å²) in [5.74, 6) is 1.26. The van der Waals surface area contributed by atoms with Crippen LogP contribution in [0, 0.1) is 18.3 Å². The highest BCUT2D eigenvalue weighted by Crippen LogP contribution is 2.27. The van der Waals surface area contributed by atoms with E-state index in [1.807, 2.05) is 25.1 Å². The summed E-state index contributed by atoms with van der Waals surface area (Å²) in [6.07, 6.45) is 3.94. The first-order valence-corrected chi connectivity index (χ1v) is 9.99. The van der Waals surface area contributed by atoms with E-state index >= 15 is 0 Å². The van der Waals surface area contributed by atoms with Gasteiger partial charge in [0.05, 0.1) is 25.5 Å². The number of pyridine rings is 1. The summed E-state index contributed by atoms with van der Waals surface area (Å²) in [6, 6.07) is 8.89. The van der Waals surface area contributed by atoms with Gasteiger partial charge in [0.15, 0.2) is 11.6 Å². The average molecular weight is 378 g/mol. The third kappa shape index (κ3) is 3.71.